The number of amides is 1. The average Bonchev–Trinajstić information content (AvgIpc) is 2.52. The molecule has 24 heavy (non-hydrogen) atoms. The number of hydrogen-bond donors (Lipinski definition) is 3. The summed E-state index contributed by atoms with van der Waals surface area (Å²) < 4.78 is 0.773. The molecular formula is C16H17N3O5. The van der Waals surface area contributed by atoms with E-state index in [9.17, 15) is 19.2 Å². The first-order valence-electron chi connectivity index (χ1n) is 7.18. The molecule has 8 heteroatoms. The summed E-state index contributed by atoms with van der Waals surface area (Å²) in [5.74, 6) is -1.83. The number of benzene rings is 1. The highest BCUT2D eigenvalue weighted by Gasteiger charge is 2.22. The Bertz CT molecular complexity index is 897. The number of carbonyl (C=O) groups is 2. The van der Waals surface area contributed by atoms with Gasteiger partial charge in [0.2, 0.25) is 0 Å². The lowest BCUT2D eigenvalue weighted by Crippen LogP contribution is -2.40. The van der Waals surface area contributed by atoms with Crippen molar-refractivity contribution < 1.29 is 14.7 Å². The first-order chi connectivity index (χ1) is 11.3. The summed E-state index contributed by atoms with van der Waals surface area (Å²) in [6.45, 7) is 1.80. The number of aromatic nitrogens is 2. The molecule has 0 bridgehead atoms. The molecular weight excluding hydrogens is 314 g/mol. The number of carboxylic acids is 1. The van der Waals surface area contributed by atoms with Gasteiger partial charge in [0.15, 0.2) is 0 Å². The molecule has 0 aliphatic carbocycles. The maximum Gasteiger partial charge on any atom is 0.328 e. The molecule has 1 aromatic heterocycles. The lowest BCUT2D eigenvalue weighted by Gasteiger charge is -2.19. The van der Waals surface area contributed by atoms with E-state index in [4.69, 9.17) is 5.11 Å². The van der Waals surface area contributed by atoms with Gasteiger partial charge in [-0.25, -0.2) is 4.79 Å². The predicted octanol–water partition coefficient (Wildman–Crippen LogP) is 0.328. The van der Waals surface area contributed by atoms with Crippen LogP contribution in [0.15, 0.2) is 40.1 Å². The number of rotatable bonds is 5. The zero-order valence-corrected chi connectivity index (χ0v) is 13.2. The Morgan fingerprint density at radius 3 is 2.58 bits per heavy atom. The molecule has 126 valence electrons. The molecule has 2 aromatic rings. The van der Waals surface area contributed by atoms with Gasteiger partial charge in [0.05, 0.1) is 12.5 Å². The van der Waals surface area contributed by atoms with Crippen LogP contribution in [0.4, 0.5) is 0 Å². The number of nitrogens with one attached hydrogen (secondary N) is 2. The molecule has 0 saturated carbocycles. The molecule has 3 N–H and O–H groups in total. The summed E-state index contributed by atoms with van der Waals surface area (Å²) in [4.78, 5) is 49.1. The van der Waals surface area contributed by atoms with Crippen molar-refractivity contribution in [2.24, 2.45) is 7.05 Å². The molecule has 2 rings (SSSR count). The molecule has 0 radical (unpaired) electrons. The number of nitrogens with zero attached hydrogens (tertiary/aromatic N) is 1. The minimum Gasteiger partial charge on any atom is -0.481 e. The monoisotopic (exact) mass is 331 g/mol. The zero-order chi connectivity index (χ0) is 17.9. The molecule has 0 saturated heterocycles. The second kappa shape index (κ2) is 6.95. The van der Waals surface area contributed by atoms with E-state index in [1.807, 2.05) is 0 Å². The number of aliphatic carboxylic acids is 1. The SMILES string of the molecule is Cc1ccccc1C(CC(=O)O)NC(=O)c1c[nH]c(=O)n(C)c1=O. The van der Waals surface area contributed by atoms with Gasteiger partial charge in [-0.1, -0.05) is 24.3 Å². The fraction of sp³-hybridized carbons (Fsp3) is 0.250. The molecule has 1 unspecified atom stereocenters. The third-order valence-corrected chi connectivity index (χ3v) is 3.67. The summed E-state index contributed by atoms with van der Waals surface area (Å²) in [6, 6.07) is 6.26. The Labute approximate surface area is 136 Å². The molecule has 1 aromatic carbocycles. The largest absolute Gasteiger partial charge is 0.481 e. The number of hydrogen-bond acceptors (Lipinski definition) is 4. The van der Waals surface area contributed by atoms with E-state index in [0.717, 1.165) is 16.3 Å². The average molecular weight is 331 g/mol. The van der Waals surface area contributed by atoms with Crippen molar-refractivity contribution >= 4 is 11.9 Å². The van der Waals surface area contributed by atoms with E-state index in [0.29, 0.717) is 5.56 Å². The Kier molecular flexibility index (Phi) is 4.98. The van der Waals surface area contributed by atoms with Gasteiger partial charge in [-0.15, -0.1) is 0 Å². The Hall–Kier alpha value is -3.16. The summed E-state index contributed by atoms with van der Waals surface area (Å²) in [5, 5.41) is 11.6. The third-order valence-electron chi connectivity index (χ3n) is 3.67. The highest BCUT2D eigenvalue weighted by atomic mass is 16.4. The van der Waals surface area contributed by atoms with Crippen LogP contribution in [-0.2, 0) is 11.8 Å². The van der Waals surface area contributed by atoms with Crippen LogP contribution in [0.25, 0.3) is 0 Å². The maximum absolute atomic E-state index is 12.4. The van der Waals surface area contributed by atoms with E-state index < -0.39 is 29.2 Å². The lowest BCUT2D eigenvalue weighted by atomic mass is 9.98. The van der Waals surface area contributed by atoms with Gasteiger partial charge in [-0.05, 0) is 18.1 Å². The highest BCUT2D eigenvalue weighted by molar-refractivity contribution is 5.94. The molecule has 0 spiro atoms. The fourth-order valence-corrected chi connectivity index (χ4v) is 2.36. The Morgan fingerprint density at radius 2 is 1.96 bits per heavy atom. The van der Waals surface area contributed by atoms with Crippen molar-refractivity contribution in [1.29, 1.82) is 0 Å². The number of carbonyl (C=O) groups excluding carboxylic acids is 1. The van der Waals surface area contributed by atoms with Gasteiger partial charge in [-0.2, -0.15) is 0 Å². The standard InChI is InChI=1S/C16H17N3O5/c1-9-5-3-4-6-10(9)12(7-13(20)21)18-14(22)11-8-17-16(24)19(2)15(11)23/h3-6,8,12H,7H2,1-2H3,(H,17,24)(H,18,22)(H,20,21). The van der Waals surface area contributed by atoms with Gasteiger partial charge in [0.25, 0.3) is 11.5 Å². The van der Waals surface area contributed by atoms with Crippen LogP contribution >= 0.6 is 0 Å². The van der Waals surface area contributed by atoms with Crippen LogP contribution in [0.3, 0.4) is 0 Å². The number of aromatic amines is 1. The Balaban J connectivity index is 2.37. The summed E-state index contributed by atoms with van der Waals surface area (Å²) >= 11 is 0. The number of carboxylic acid groups (broad SMARTS) is 1. The zero-order valence-electron chi connectivity index (χ0n) is 13.2. The van der Waals surface area contributed by atoms with Crippen molar-refractivity contribution in [3.63, 3.8) is 0 Å². The van der Waals surface area contributed by atoms with Gasteiger partial charge >= 0.3 is 11.7 Å². The van der Waals surface area contributed by atoms with Crippen molar-refractivity contribution in [1.82, 2.24) is 14.9 Å². The van der Waals surface area contributed by atoms with Crippen molar-refractivity contribution in [3.8, 4) is 0 Å². The van der Waals surface area contributed by atoms with Crippen molar-refractivity contribution in [2.45, 2.75) is 19.4 Å². The molecule has 1 amide bonds. The van der Waals surface area contributed by atoms with Crippen LogP contribution in [0.2, 0.25) is 0 Å². The molecule has 0 aliphatic rings. The minimum absolute atomic E-state index is 0.263. The van der Waals surface area contributed by atoms with E-state index >= 15 is 0 Å². The van der Waals surface area contributed by atoms with Crippen LogP contribution in [0, 0.1) is 6.92 Å². The van der Waals surface area contributed by atoms with E-state index in [1.54, 1.807) is 31.2 Å². The van der Waals surface area contributed by atoms with Gasteiger partial charge in [-0.3, -0.25) is 19.0 Å². The van der Waals surface area contributed by atoms with E-state index in [1.165, 1.54) is 7.05 Å². The molecule has 1 atom stereocenters. The summed E-state index contributed by atoms with van der Waals surface area (Å²) in [6.07, 6.45) is 0.690. The summed E-state index contributed by atoms with van der Waals surface area (Å²) in [5.41, 5.74) is -0.193. The first-order valence-corrected chi connectivity index (χ1v) is 7.18. The normalized spacial score (nSPS) is 11.8. The molecule has 1 heterocycles. The highest BCUT2D eigenvalue weighted by Crippen LogP contribution is 2.21. The van der Waals surface area contributed by atoms with Gasteiger partial charge < -0.3 is 15.4 Å². The quantitative estimate of drug-likeness (QED) is 0.729. The predicted molar refractivity (Wildman–Crippen MR) is 85.9 cm³/mol. The van der Waals surface area contributed by atoms with Crippen molar-refractivity contribution in [2.75, 3.05) is 0 Å². The van der Waals surface area contributed by atoms with Crippen LogP contribution in [0.5, 0.6) is 0 Å². The van der Waals surface area contributed by atoms with Crippen LogP contribution < -0.4 is 16.6 Å². The molecule has 0 fully saturated rings. The van der Waals surface area contributed by atoms with Gasteiger partial charge in [0.1, 0.15) is 5.56 Å². The topological polar surface area (TPSA) is 121 Å². The first kappa shape index (κ1) is 17.2. The van der Waals surface area contributed by atoms with E-state index in [2.05, 4.69) is 10.3 Å². The number of aryl methyl sites for hydroxylation is 1. The van der Waals surface area contributed by atoms with Crippen LogP contribution in [0.1, 0.15) is 33.9 Å². The minimum atomic E-state index is -1.09. The lowest BCUT2D eigenvalue weighted by molar-refractivity contribution is -0.137. The third kappa shape index (κ3) is 3.60. The maximum atomic E-state index is 12.4. The summed E-state index contributed by atoms with van der Waals surface area (Å²) in [7, 11) is 1.24. The second-order valence-electron chi connectivity index (χ2n) is 5.35. The molecule has 8 nitrogen and oxygen atoms in total. The fourth-order valence-electron chi connectivity index (χ4n) is 2.36. The Morgan fingerprint density at radius 1 is 1.29 bits per heavy atom. The van der Waals surface area contributed by atoms with Crippen LogP contribution in [-0.4, -0.2) is 26.5 Å². The van der Waals surface area contributed by atoms with Gasteiger partial charge in [0, 0.05) is 13.2 Å². The number of H-pyrrole nitrogens is 1. The second-order valence-corrected chi connectivity index (χ2v) is 5.35. The molecule has 0 aliphatic heterocycles. The van der Waals surface area contributed by atoms with Crippen molar-refractivity contribution in [3.05, 3.63) is 68.0 Å². The van der Waals surface area contributed by atoms with E-state index in [-0.39, 0.29) is 12.0 Å². The smallest absolute Gasteiger partial charge is 0.328 e.